The highest BCUT2D eigenvalue weighted by Gasteiger charge is 2.00. The Balaban J connectivity index is 3.17. The fraction of sp³-hybridized carbons (Fsp3) is 0.667. The lowest BCUT2D eigenvalue weighted by molar-refractivity contribution is -0.143. The number of carbonyl (C=O) groups is 1. The van der Waals surface area contributed by atoms with Crippen LogP contribution in [0.15, 0.2) is 0 Å². The summed E-state index contributed by atoms with van der Waals surface area (Å²) in [5, 5.41) is 8.41. The molecule has 0 aliphatic rings. The second-order valence-electron chi connectivity index (χ2n) is 2.36. The molecule has 0 unspecified atom stereocenters. The molecule has 0 aliphatic carbocycles. The van der Waals surface area contributed by atoms with Gasteiger partial charge in [-0.25, -0.2) is 0 Å². The lowest BCUT2D eigenvalue weighted by Crippen LogP contribution is -2.05. The van der Waals surface area contributed by atoms with Crippen molar-refractivity contribution >= 4 is 5.97 Å². The Bertz CT molecular complexity index is 158. The molecule has 0 amide bonds. The first-order valence-corrected chi connectivity index (χ1v) is 4.01. The highest BCUT2D eigenvalue weighted by atomic mass is 16.5. The molecule has 0 spiro atoms. The van der Waals surface area contributed by atoms with Crippen LogP contribution in [0.25, 0.3) is 0 Å². The second-order valence-corrected chi connectivity index (χ2v) is 2.36. The summed E-state index contributed by atoms with van der Waals surface area (Å²) in [6.07, 6.45) is 7.11. The van der Waals surface area contributed by atoms with Gasteiger partial charge in [-0.2, -0.15) is 0 Å². The Morgan fingerprint density at radius 2 is 2.25 bits per heavy atom. The summed E-state index contributed by atoms with van der Waals surface area (Å²) < 4.78 is 4.77. The quantitative estimate of drug-likeness (QED) is 0.363. The number of esters is 1. The molecule has 0 saturated carbocycles. The van der Waals surface area contributed by atoms with E-state index < -0.39 is 0 Å². The van der Waals surface area contributed by atoms with E-state index in [9.17, 15) is 4.79 Å². The van der Waals surface area contributed by atoms with Crippen molar-refractivity contribution in [2.24, 2.45) is 0 Å². The molecule has 0 aliphatic heterocycles. The van der Waals surface area contributed by atoms with E-state index >= 15 is 0 Å². The summed E-state index contributed by atoms with van der Waals surface area (Å²) >= 11 is 0. The summed E-state index contributed by atoms with van der Waals surface area (Å²) in [5.74, 6) is 2.14. The lowest BCUT2D eigenvalue weighted by atomic mass is 10.2. The molecule has 12 heavy (non-hydrogen) atoms. The summed E-state index contributed by atoms with van der Waals surface area (Å²) in [4.78, 5) is 10.8. The molecular formula is C9H14O3. The van der Waals surface area contributed by atoms with Crippen LogP contribution in [0, 0.1) is 12.3 Å². The first-order chi connectivity index (χ1) is 5.81. The molecule has 0 heterocycles. The Labute approximate surface area is 72.7 Å². The number of rotatable bonds is 6. The topological polar surface area (TPSA) is 46.5 Å². The van der Waals surface area contributed by atoms with E-state index in [1.807, 2.05) is 0 Å². The van der Waals surface area contributed by atoms with Crippen LogP contribution in [0.3, 0.4) is 0 Å². The van der Waals surface area contributed by atoms with Crippen LogP contribution < -0.4 is 0 Å². The van der Waals surface area contributed by atoms with Crippen molar-refractivity contribution in [1.29, 1.82) is 0 Å². The molecule has 0 aromatic carbocycles. The van der Waals surface area contributed by atoms with Crippen molar-refractivity contribution in [3.63, 3.8) is 0 Å². The smallest absolute Gasteiger partial charge is 0.305 e. The van der Waals surface area contributed by atoms with E-state index in [-0.39, 0.29) is 12.6 Å². The monoisotopic (exact) mass is 170 g/mol. The number of carbonyl (C=O) groups excluding carboxylic acids is 1. The maximum Gasteiger partial charge on any atom is 0.305 e. The standard InChI is InChI=1S/C9H14O3/c1-2-3-8-12-9(11)6-4-5-7-10/h1,10H,3-8H2. The number of unbranched alkanes of at least 4 members (excludes halogenated alkanes) is 1. The average Bonchev–Trinajstić information content (AvgIpc) is 2.06. The van der Waals surface area contributed by atoms with Gasteiger partial charge in [-0.05, 0) is 12.8 Å². The lowest BCUT2D eigenvalue weighted by Gasteiger charge is -2.00. The highest BCUT2D eigenvalue weighted by molar-refractivity contribution is 5.69. The Morgan fingerprint density at radius 1 is 1.50 bits per heavy atom. The maximum atomic E-state index is 10.8. The molecule has 0 aromatic rings. The van der Waals surface area contributed by atoms with Crippen LogP contribution >= 0.6 is 0 Å². The van der Waals surface area contributed by atoms with Crippen LogP contribution in [0.1, 0.15) is 25.7 Å². The van der Waals surface area contributed by atoms with E-state index in [2.05, 4.69) is 5.92 Å². The predicted molar refractivity (Wildman–Crippen MR) is 45.3 cm³/mol. The van der Waals surface area contributed by atoms with Gasteiger partial charge in [0.25, 0.3) is 0 Å². The Morgan fingerprint density at radius 3 is 2.83 bits per heavy atom. The van der Waals surface area contributed by atoms with Gasteiger partial charge in [0.15, 0.2) is 0 Å². The van der Waals surface area contributed by atoms with E-state index in [0.29, 0.717) is 32.3 Å². The molecule has 3 heteroatoms. The third-order valence-electron chi connectivity index (χ3n) is 1.30. The number of terminal acetylenes is 1. The molecule has 0 fully saturated rings. The van der Waals surface area contributed by atoms with E-state index in [4.69, 9.17) is 16.3 Å². The van der Waals surface area contributed by atoms with E-state index in [1.165, 1.54) is 0 Å². The van der Waals surface area contributed by atoms with Crippen LogP contribution in [0.4, 0.5) is 0 Å². The number of hydrogen-bond acceptors (Lipinski definition) is 3. The van der Waals surface area contributed by atoms with Crippen molar-refractivity contribution in [1.82, 2.24) is 0 Å². The molecule has 0 atom stereocenters. The van der Waals surface area contributed by atoms with Gasteiger partial charge >= 0.3 is 5.97 Å². The van der Waals surface area contributed by atoms with Crippen LogP contribution in [0.2, 0.25) is 0 Å². The number of hydrogen-bond donors (Lipinski definition) is 1. The van der Waals surface area contributed by atoms with Gasteiger partial charge < -0.3 is 9.84 Å². The summed E-state index contributed by atoms with van der Waals surface area (Å²) in [6.45, 7) is 0.423. The van der Waals surface area contributed by atoms with E-state index in [1.54, 1.807) is 0 Å². The maximum absolute atomic E-state index is 10.8. The van der Waals surface area contributed by atoms with Crippen LogP contribution in [-0.2, 0) is 9.53 Å². The number of aliphatic hydroxyl groups excluding tert-OH is 1. The normalized spacial score (nSPS) is 9.00. The van der Waals surface area contributed by atoms with Crippen LogP contribution in [0.5, 0.6) is 0 Å². The molecule has 0 bridgehead atoms. The molecule has 1 N–H and O–H groups in total. The SMILES string of the molecule is C#CCCOC(=O)CCCCO. The fourth-order valence-corrected chi connectivity index (χ4v) is 0.677. The van der Waals surface area contributed by atoms with Crippen molar-refractivity contribution in [2.45, 2.75) is 25.7 Å². The molecular weight excluding hydrogens is 156 g/mol. The summed E-state index contributed by atoms with van der Waals surface area (Å²) in [5.41, 5.74) is 0. The summed E-state index contributed by atoms with van der Waals surface area (Å²) in [7, 11) is 0. The minimum absolute atomic E-state index is 0.123. The van der Waals surface area contributed by atoms with Gasteiger partial charge in [0, 0.05) is 19.4 Å². The minimum Gasteiger partial charge on any atom is -0.465 e. The van der Waals surface area contributed by atoms with Gasteiger partial charge in [-0.3, -0.25) is 4.79 Å². The molecule has 0 saturated heterocycles. The molecule has 3 nitrogen and oxygen atoms in total. The van der Waals surface area contributed by atoms with Gasteiger partial charge in [-0.1, -0.05) is 0 Å². The third-order valence-corrected chi connectivity index (χ3v) is 1.30. The van der Waals surface area contributed by atoms with Crippen molar-refractivity contribution in [3.05, 3.63) is 0 Å². The Hall–Kier alpha value is -1.01. The average molecular weight is 170 g/mol. The van der Waals surface area contributed by atoms with Gasteiger partial charge in [-0.15, -0.1) is 12.3 Å². The zero-order chi connectivity index (χ0) is 9.23. The molecule has 68 valence electrons. The predicted octanol–water partition coefficient (Wildman–Crippen LogP) is 0.716. The number of ether oxygens (including phenoxy) is 1. The first-order valence-electron chi connectivity index (χ1n) is 4.01. The van der Waals surface area contributed by atoms with Gasteiger partial charge in [0.1, 0.15) is 6.61 Å². The second kappa shape index (κ2) is 8.09. The molecule has 0 aromatic heterocycles. The first kappa shape index (κ1) is 11.0. The largest absolute Gasteiger partial charge is 0.465 e. The van der Waals surface area contributed by atoms with Crippen molar-refractivity contribution in [2.75, 3.05) is 13.2 Å². The van der Waals surface area contributed by atoms with Gasteiger partial charge in [0.05, 0.1) is 0 Å². The van der Waals surface area contributed by atoms with Gasteiger partial charge in [0.2, 0.25) is 0 Å². The summed E-state index contributed by atoms with van der Waals surface area (Å²) in [6, 6.07) is 0. The van der Waals surface area contributed by atoms with Crippen LogP contribution in [-0.4, -0.2) is 24.3 Å². The number of aliphatic hydroxyl groups is 1. The third kappa shape index (κ3) is 7.10. The zero-order valence-electron chi connectivity index (χ0n) is 7.08. The zero-order valence-corrected chi connectivity index (χ0v) is 7.08. The minimum atomic E-state index is -0.237. The molecule has 0 radical (unpaired) electrons. The highest BCUT2D eigenvalue weighted by Crippen LogP contribution is 1.96. The van der Waals surface area contributed by atoms with Crippen molar-refractivity contribution < 1.29 is 14.6 Å². The van der Waals surface area contributed by atoms with Crippen molar-refractivity contribution in [3.8, 4) is 12.3 Å². The van der Waals surface area contributed by atoms with E-state index in [0.717, 1.165) is 0 Å². The molecule has 0 rings (SSSR count). The Kier molecular flexibility index (Phi) is 7.41. The fourth-order valence-electron chi connectivity index (χ4n) is 0.677.